The topological polar surface area (TPSA) is 12.0 Å². The van der Waals surface area contributed by atoms with Gasteiger partial charge in [-0.15, -0.1) is 0 Å². The molecule has 0 bridgehead atoms. The minimum absolute atomic E-state index is 0.328. The highest BCUT2D eigenvalue weighted by molar-refractivity contribution is 5.34. The molecule has 3 heteroatoms. The predicted octanol–water partition coefficient (Wildman–Crippen LogP) is 4.36. The Bertz CT molecular complexity index is 564. The van der Waals surface area contributed by atoms with Crippen LogP contribution in [0.15, 0.2) is 42.5 Å². The molecule has 0 radical (unpaired) electrons. The van der Waals surface area contributed by atoms with Gasteiger partial charge in [0.05, 0.1) is 6.04 Å². The molecule has 2 aromatic rings. The molecule has 1 unspecified atom stereocenters. The summed E-state index contributed by atoms with van der Waals surface area (Å²) in [4.78, 5) is 0. The van der Waals surface area contributed by atoms with Gasteiger partial charge in [0.2, 0.25) is 0 Å². The van der Waals surface area contributed by atoms with Crippen molar-refractivity contribution in [3.8, 4) is 0 Å². The fourth-order valence-corrected chi connectivity index (χ4v) is 2.20. The van der Waals surface area contributed by atoms with Crippen molar-refractivity contribution in [1.29, 1.82) is 0 Å². The Kier molecular flexibility index (Phi) is 4.85. The molecule has 1 atom stereocenters. The molecule has 1 N–H and O–H groups in total. The fourth-order valence-electron chi connectivity index (χ4n) is 2.20. The first-order valence-electron chi connectivity index (χ1n) is 6.87. The minimum atomic E-state index is -0.807. The van der Waals surface area contributed by atoms with Crippen LogP contribution in [-0.4, -0.2) is 6.54 Å². The predicted molar refractivity (Wildman–Crippen MR) is 77.7 cm³/mol. The lowest BCUT2D eigenvalue weighted by Gasteiger charge is -2.20. The van der Waals surface area contributed by atoms with Gasteiger partial charge in [0.25, 0.3) is 0 Å². The number of hydrogen-bond donors (Lipinski definition) is 1. The largest absolute Gasteiger partial charge is 0.306 e. The Balaban J connectivity index is 2.41. The Morgan fingerprint density at radius 1 is 1.05 bits per heavy atom. The molecule has 0 amide bonds. The number of hydrogen-bond acceptors (Lipinski definition) is 1. The monoisotopic (exact) mass is 275 g/mol. The van der Waals surface area contributed by atoms with Gasteiger partial charge in [0, 0.05) is 5.56 Å². The third kappa shape index (κ3) is 3.23. The zero-order valence-electron chi connectivity index (χ0n) is 11.8. The van der Waals surface area contributed by atoms with Gasteiger partial charge in [-0.1, -0.05) is 48.9 Å². The summed E-state index contributed by atoms with van der Waals surface area (Å²) in [5.41, 5.74) is 2.43. The molecule has 2 rings (SSSR count). The number of halogens is 2. The van der Waals surface area contributed by atoms with Crippen LogP contribution in [0.3, 0.4) is 0 Å². The third-order valence-electron chi connectivity index (χ3n) is 3.30. The third-order valence-corrected chi connectivity index (χ3v) is 3.30. The molecule has 20 heavy (non-hydrogen) atoms. The van der Waals surface area contributed by atoms with E-state index in [0.717, 1.165) is 30.2 Å². The van der Waals surface area contributed by atoms with Crippen LogP contribution < -0.4 is 5.32 Å². The molecule has 0 saturated heterocycles. The van der Waals surface area contributed by atoms with Crippen LogP contribution in [-0.2, 0) is 0 Å². The summed E-state index contributed by atoms with van der Waals surface area (Å²) >= 11 is 0. The molecule has 0 aliphatic heterocycles. The van der Waals surface area contributed by atoms with Crippen LogP contribution in [0.2, 0.25) is 0 Å². The zero-order chi connectivity index (χ0) is 14.5. The lowest BCUT2D eigenvalue weighted by molar-refractivity contribution is 0.480. The Morgan fingerprint density at radius 2 is 1.75 bits per heavy atom. The maximum Gasteiger partial charge on any atom is 0.163 e. The summed E-state index contributed by atoms with van der Waals surface area (Å²) in [5, 5.41) is 3.28. The van der Waals surface area contributed by atoms with Crippen molar-refractivity contribution in [3.63, 3.8) is 0 Å². The van der Waals surface area contributed by atoms with E-state index in [1.165, 1.54) is 0 Å². The van der Waals surface area contributed by atoms with E-state index in [2.05, 4.69) is 5.32 Å². The molecular formula is C17H19F2N. The molecule has 0 aliphatic rings. The van der Waals surface area contributed by atoms with Crippen molar-refractivity contribution >= 4 is 0 Å². The average Bonchev–Trinajstić information content (AvgIpc) is 2.45. The van der Waals surface area contributed by atoms with E-state index in [0.29, 0.717) is 5.56 Å². The Labute approximate surface area is 118 Å². The first-order valence-corrected chi connectivity index (χ1v) is 6.87. The fraction of sp³-hybridized carbons (Fsp3) is 0.294. The summed E-state index contributed by atoms with van der Waals surface area (Å²) in [7, 11) is 0. The van der Waals surface area contributed by atoms with Crippen molar-refractivity contribution in [2.75, 3.05) is 6.54 Å². The van der Waals surface area contributed by atoms with Crippen LogP contribution in [0, 0.1) is 18.6 Å². The number of nitrogens with one attached hydrogen (secondary N) is 1. The van der Waals surface area contributed by atoms with Crippen LogP contribution >= 0.6 is 0 Å². The maximum atomic E-state index is 14.0. The minimum Gasteiger partial charge on any atom is -0.306 e. The summed E-state index contributed by atoms with van der Waals surface area (Å²) < 4.78 is 27.5. The molecule has 0 aromatic heterocycles. The van der Waals surface area contributed by atoms with Crippen LogP contribution in [0.1, 0.15) is 36.1 Å². The van der Waals surface area contributed by atoms with Gasteiger partial charge in [-0.3, -0.25) is 0 Å². The molecule has 0 heterocycles. The summed E-state index contributed by atoms with van der Waals surface area (Å²) in [5.74, 6) is -1.58. The lowest BCUT2D eigenvalue weighted by atomic mass is 9.97. The van der Waals surface area contributed by atoms with E-state index in [9.17, 15) is 8.78 Å². The first-order chi connectivity index (χ1) is 9.63. The van der Waals surface area contributed by atoms with Crippen molar-refractivity contribution in [2.45, 2.75) is 26.3 Å². The number of aryl methyl sites for hydroxylation is 1. The van der Waals surface area contributed by atoms with Crippen molar-refractivity contribution < 1.29 is 8.78 Å². The molecule has 2 aromatic carbocycles. The normalized spacial score (nSPS) is 12.4. The van der Waals surface area contributed by atoms with Gasteiger partial charge in [-0.05, 0) is 31.5 Å². The molecule has 0 saturated carbocycles. The van der Waals surface area contributed by atoms with Crippen molar-refractivity contribution in [1.82, 2.24) is 5.32 Å². The van der Waals surface area contributed by atoms with Gasteiger partial charge in [0.1, 0.15) is 0 Å². The summed E-state index contributed by atoms with van der Waals surface area (Å²) in [6, 6.07) is 11.9. The molecule has 106 valence electrons. The number of benzene rings is 2. The van der Waals surface area contributed by atoms with Crippen LogP contribution in [0.4, 0.5) is 8.78 Å². The van der Waals surface area contributed by atoms with Gasteiger partial charge in [0.15, 0.2) is 11.6 Å². The second kappa shape index (κ2) is 6.62. The highest BCUT2D eigenvalue weighted by atomic mass is 19.2. The van der Waals surface area contributed by atoms with Crippen molar-refractivity contribution in [3.05, 3.63) is 70.8 Å². The van der Waals surface area contributed by atoms with Gasteiger partial charge < -0.3 is 5.32 Å². The first kappa shape index (κ1) is 14.7. The molecule has 0 fully saturated rings. The van der Waals surface area contributed by atoms with E-state index in [1.54, 1.807) is 12.1 Å². The molecule has 0 aliphatic carbocycles. The van der Waals surface area contributed by atoms with E-state index in [4.69, 9.17) is 0 Å². The molecular weight excluding hydrogens is 256 g/mol. The highest BCUT2D eigenvalue weighted by Gasteiger charge is 2.19. The van der Waals surface area contributed by atoms with Crippen LogP contribution in [0.5, 0.6) is 0 Å². The maximum absolute atomic E-state index is 14.0. The average molecular weight is 275 g/mol. The van der Waals surface area contributed by atoms with Gasteiger partial charge >= 0.3 is 0 Å². The number of rotatable bonds is 5. The molecule has 1 nitrogen and oxygen atoms in total. The van der Waals surface area contributed by atoms with Gasteiger partial charge in [-0.2, -0.15) is 0 Å². The van der Waals surface area contributed by atoms with Crippen LogP contribution in [0.25, 0.3) is 0 Å². The summed E-state index contributed by atoms with van der Waals surface area (Å²) in [6.07, 6.45) is 0.930. The standard InChI is InChI=1S/C17H19F2N/c1-3-11-20-17(13-9-7-12(2)8-10-13)14-5-4-6-15(18)16(14)19/h4-10,17,20H,3,11H2,1-2H3. The second-order valence-corrected chi connectivity index (χ2v) is 4.94. The highest BCUT2D eigenvalue weighted by Crippen LogP contribution is 2.26. The van der Waals surface area contributed by atoms with E-state index in [-0.39, 0.29) is 6.04 Å². The van der Waals surface area contributed by atoms with Gasteiger partial charge in [-0.25, -0.2) is 8.78 Å². The lowest BCUT2D eigenvalue weighted by Crippen LogP contribution is -2.24. The quantitative estimate of drug-likeness (QED) is 0.854. The second-order valence-electron chi connectivity index (χ2n) is 4.94. The zero-order valence-corrected chi connectivity index (χ0v) is 11.8. The van der Waals surface area contributed by atoms with E-state index < -0.39 is 11.6 Å². The SMILES string of the molecule is CCCNC(c1ccc(C)cc1)c1cccc(F)c1F. The smallest absolute Gasteiger partial charge is 0.163 e. The summed E-state index contributed by atoms with van der Waals surface area (Å²) in [6.45, 7) is 4.79. The Morgan fingerprint density at radius 3 is 2.40 bits per heavy atom. The van der Waals surface area contributed by atoms with E-state index >= 15 is 0 Å². The van der Waals surface area contributed by atoms with E-state index in [1.807, 2.05) is 38.1 Å². The molecule has 0 spiro atoms. The Hall–Kier alpha value is -1.74. The van der Waals surface area contributed by atoms with Crippen molar-refractivity contribution in [2.24, 2.45) is 0 Å².